The minimum atomic E-state index is -4.10. The number of primary amides is 1. The minimum absolute atomic E-state index is 0.132. The summed E-state index contributed by atoms with van der Waals surface area (Å²) in [5, 5.41) is 4.12. The highest BCUT2D eigenvalue weighted by Crippen LogP contribution is 2.35. The van der Waals surface area contributed by atoms with E-state index in [0.29, 0.717) is 18.7 Å². The topological polar surface area (TPSA) is 63.3 Å². The van der Waals surface area contributed by atoms with Crippen LogP contribution < -0.4 is 16.0 Å². The SMILES string of the molecule is Cn1cc(C(N)=O)c2ccc(Nc3ccc(N4CCC(C(F)(F)F)CC4)cc3)cc21. The van der Waals surface area contributed by atoms with E-state index in [-0.39, 0.29) is 12.8 Å². The number of hydrogen-bond donors (Lipinski definition) is 2. The molecule has 158 valence electrons. The predicted octanol–water partition coefficient (Wildman–Crippen LogP) is 4.80. The van der Waals surface area contributed by atoms with Crippen LogP contribution in [0.3, 0.4) is 0 Å². The molecule has 2 aromatic carbocycles. The number of piperidine rings is 1. The van der Waals surface area contributed by atoms with Gasteiger partial charge in [0.2, 0.25) is 0 Å². The summed E-state index contributed by atoms with van der Waals surface area (Å²) < 4.78 is 40.4. The van der Waals surface area contributed by atoms with E-state index in [1.165, 1.54) is 0 Å². The Hall–Kier alpha value is -3.16. The van der Waals surface area contributed by atoms with Gasteiger partial charge in [0.1, 0.15) is 0 Å². The average Bonchev–Trinajstić information content (AvgIpc) is 3.05. The van der Waals surface area contributed by atoms with E-state index in [1.807, 2.05) is 59.0 Å². The molecule has 3 aromatic rings. The van der Waals surface area contributed by atoms with Crippen LogP contribution in [0.25, 0.3) is 10.9 Å². The molecule has 1 saturated heterocycles. The van der Waals surface area contributed by atoms with Crippen LogP contribution in [0, 0.1) is 5.92 Å². The zero-order chi connectivity index (χ0) is 21.5. The number of fused-ring (bicyclic) bond motifs is 1. The molecule has 0 saturated carbocycles. The Morgan fingerprint density at radius 3 is 2.30 bits per heavy atom. The lowest BCUT2D eigenvalue weighted by atomic mass is 9.96. The maximum absolute atomic E-state index is 12.8. The second-order valence-electron chi connectivity index (χ2n) is 7.72. The van der Waals surface area contributed by atoms with Gasteiger partial charge in [-0.25, -0.2) is 0 Å². The molecule has 4 rings (SSSR count). The molecule has 1 aliphatic heterocycles. The zero-order valence-electron chi connectivity index (χ0n) is 16.5. The fourth-order valence-electron chi connectivity index (χ4n) is 4.05. The molecule has 1 fully saturated rings. The Morgan fingerprint density at radius 2 is 1.70 bits per heavy atom. The summed E-state index contributed by atoms with van der Waals surface area (Å²) in [6.45, 7) is 0.812. The van der Waals surface area contributed by atoms with Crippen molar-refractivity contribution in [3.63, 3.8) is 0 Å². The van der Waals surface area contributed by atoms with Gasteiger partial charge in [0.15, 0.2) is 0 Å². The Balaban J connectivity index is 1.45. The Kier molecular flexibility index (Phi) is 5.09. The first-order valence-electron chi connectivity index (χ1n) is 9.80. The van der Waals surface area contributed by atoms with Crippen LogP contribution >= 0.6 is 0 Å². The number of nitrogens with one attached hydrogen (secondary N) is 1. The number of alkyl halides is 3. The maximum atomic E-state index is 12.8. The van der Waals surface area contributed by atoms with E-state index in [1.54, 1.807) is 6.20 Å². The molecule has 0 radical (unpaired) electrons. The number of carbonyl (C=O) groups excluding carboxylic acids is 1. The molecular formula is C22H23F3N4O. The number of benzene rings is 2. The molecule has 0 atom stereocenters. The van der Waals surface area contributed by atoms with Crippen molar-refractivity contribution in [1.29, 1.82) is 0 Å². The molecule has 0 unspecified atom stereocenters. The van der Waals surface area contributed by atoms with Crippen molar-refractivity contribution < 1.29 is 18.0 Å². The smallest absolute Gasteiger partial charge is 0.372 e. The second-order valence-corrected chi connectivity index (χ2v) is 7.72. The fraction of sp³-hybridized carbons (Fsp3) is 0.318. The quantitative estimate of drug-likeness (QED) is 0.642. The molecule has 0 spiro atoms. The number of aromatic nitrogens is 1. The van der Waals surface area contributed by atoms with E-state index in [4.69, 9.17) is 5.73 Å². The molecule has 30 heavy (non-hydrogen) atoms. The molecule has 1 aliphatic rings. The van der Waals surface area contributed by atoms with Crippen LogP contribution in [0.5, 0.6) is 0 Å². The molecule has 0 aliphatic carbocycles. The van der Waals surface area contributed by atoms with E-state index in [9.17, 15) is 18.0 Å². The summed E-state index contributed by atoms with van der Waals surface area (Å²) in [6, 6.07) is 13.3. The summed E-state index contributed by atoms with van der Waals surface area (Å²) in [4.78, 5) is 13.6. The zero-order valence-corrected chi connectivity index (χ0v) is 16.5. The average molecular weight is 416 g/mol. The van der Waals surface area contributed by atoms with E-state index in [0.717, 1.165) is 28.0 Å². The summed E-state index contributed by atoms with van der Waals surface area (Å²) in [7, 11) is 1.86. The number of aryl methyl sites for hydroxylation is 1. The summed E-state index contributed by atoms with van der Waals surface area (Å²) in [5.41, 5.74) is 9.45. The van der Waals surface area contributed by atoms with Crippen LogP contribution in [-0.2, 0) is 7.05 Å². The van der Waals surface area contributed by atoms with Gasteiger partial charge >= 0.3 is 6.18 Å². The third-order valence-electron chi connectivity index (χ3n) is 5.74. The van der Waals surface area contributed by atoms with Crippen molar-refractivity contribution in [2.24, 2.45) is 18.7 Å². The summed E-state index contributed by atoms with van der Waals surface area (Å²) in [5.74, 6) is -1.66. The first-order valence-corrected chi connectivity index (χ1v) is 9.80. The van der Waals surface area contributed by atoms with Crippen LogP contribution in [0.1, 0.15) is 23.2 Å². The highest BCUT2D eigenvalue weighted by atomic mass is 19.4. The molecule has 1 aromatic heterocycles. The Bertz CT molecular complexity index is 1060. The lowest BCUT2D eigenvalue weighted by molar-refractivity contribution is -0.179. The minimum Gasteiger partial charge on any atom is -0.372 e. The molecule has 2 heterocycles. The van der Waals surface area contributed by atoms with Crippen molar-refractivity contribution >= 4 is 33.9 Å². The van der Waals surface area contributed by atoms with E-state index in [2.05, 4.69) is 5.32 Å². The van der Waals surface area contributed by atoms with Crippen molar-refractivity contribution in [1.82, 2.24) is 4.57 Å². The van der Waals surface area contributed by atoms with Crippen molar-refractivity contribution in [2.75, 3.05) is 23.3 Å². The number of anilines is 3. The molecule has 5 nitrogen and oxygen atoms in total. The first kappa shape index (κ1) is 20.1. The first-order chi connectivity index (χ1) is 14.2. The Morgan fingerprint density at radius 1 is 1.07 bits per heavy atom. The van der Waals surface area contributed by atoms with Gasteiger partial charge < -0.3 is 20.5 Å². The molecular weight excluding hydrogens is 393 g/mol. The van der Waals surface area contributed by atoms with Crippen molar-refractivity contribution in [3.8, 4) is 0 Å². The number of halogens is 3. The number of nitrogens with two attached hydrogens (primary N) is 1. The highest BCUT2D eigenvalue weighted by Gasteiger charge is 2.41. The van der Waals surface area contributed by atoms with E-state index < -0.39 is 18.0 Å². The highest BCUT2D eigenvalue weighted by molar-refractivity contribution is 6.06. The van der Waals surface area contributed by atoms with Gasteiger partial charge in [0.25, 0.3) is 5.91 Å². The lowest BCUT2D eigenvalue weighted by Crippen LogP contribution is -2.38. The Labute approximate surface area is 172 Å². The third-order valence-corrected chi connectivity index (χ3v) is 5.74. The summed E-state index contributed by atoms with van der Waals surface area (Å²) >= 11 is 0. The van der Waals surface area contributed by atoms with Crippen molar-refractivity contribution in [3.05, 3.63) is 54.2 Å². The molecule has 0 bridgehead atoms. The van der Waals surface area contributed by atoms with Crippen LogP contribution in [0.4, 0.5) is 30.2 Å². The number of nitrogens with zero attached hydrogens (tertiary/aromatic N) is 2. The predicted molar refractivity (Wildman–Crippen MR) is 112 cm³/mol. The van der Waals surface area contributed by atoms with Gasteiger partial charge in [-0.15, -0.1) is 0 Å². The number of carbonyl (C=O) groups is 1. The largest absolute Gasteiger partial charge is 0.391 e. The van der Waals surface area contributed by atoms with Crippen LogP contribution in [0.15, 0.2) is 48.7 Å². The van der Waals surface area contributed by atoms with Gasteiger partial charge in [0, 0.05) is 48.8 Å². The van der Waals surface area contributed by atoms with E-state index >= 15 is 0 Å². The van der Waals surface area contributed by atoms with Crippen LogP contribution in [-0.4, -0.2) is 29.7 Å². The van der Waals surface area contributed by atoms with Gasteiger partial charge in [-0.3, -0.25) is 4.79 Å². The van der Waals surface area contributed by atoms with Gasteiger partial charge in [-0.05, 0) is 55.3 Å². The molecule has 8 heteroatoms. The standard InChI is InChI=1S/C22H23F3N4O/c1-28-13-19(21(26)30)18-7-4-16(12-20(18)28)27-15-2-5-17(6-3-15)29-10-8-14(9-11-29)22(23,24)25/h2-7,12-14,27H,8-11H2,1H3,(H2,26,30). The van der Waals surface area contributed by atoms with Gasteiger partial charge in [-0.2, -0.15) is 13.2 Å². The normalized spacial score (nSPS) is 15.5. The monoisotopic (exact) mass is 416 g/mol. The molecule has 1 amide bonds. The number of amides is 1. The van der Waals surface area contributed by atoms with Gasteiger partial charge in [0.05, 0.1) is 17.0 Å². The number of rotatable bonds is 4. The maximum Gasteiger partial charge on any atom is 0.391 e. The number of hydrogen-bond acceptors (Lipinski definition) is 3. The summed E-state index contributed by atoms with van der Waals surface area (Å²) in [6.07, 6.45) is -2.12. The van der Waals surface area contributed by atoms with Gasteiger partial charge in [-0.1, -0.05) is 0 Å². The fourth-order valence-corrected chi connectivity index (χ4v) is 4.05. The lowest BCUT2D eigenvalue weighted by Gasteiger charge is -2.34. The molecule has 3 N–H and O–H groups in total. The second kappa shape index (κ2) is 7.59. The third kappa shape index (κ3) is 3.94. The van der Waals surface area contributed by atoms with Crippen LogP contribution in [0.2, 0.25) is 0 Å². The van der Waals surface area contributed by atoms with Crippen molar-refractivity contribution in [2.45, 2.75) is 19.0 Å².